The number of benzene rings is 2. The second-order valence-electron chi connectivity index (χ2n) is 5.03. The number of nitrogens with one attached hydrogen (secondary N) is 1. The fourth-order valence-electron chi connectivity index (χ4n) is 2.08. The number of ether oxygens (including phenoxy) is 2. The van der Waals surface area contributed by atoms with Gasteiger partial charge in [-0.1, -0.05) is 40.5 Å². The standard InChI is InChI=1S/C18H19BrClNO3/c1-3-8-24-17-15(20)9-12(10-16(17)23-4-2)18(22)21-14-7-5-6-13(19)11-14/h5-7,9-11H,3-4,8H2,1-2H3,(H,21,22). The maximum atomic E-state index is 12.5. The lowest BCUT2D eigenvalue weighted by atomic mass is 10.1. The SMILES string of the molecule is CCCOc1c(Cl)cc(C(=O)Nc2cccc(Br)c2)cc1OCC. The number of halogens is 2. The summed E-state index contributed by atoms with van der Waals surface area (Å²) in [5, 5.41) is 3.19. The molecule has 0 atom stereocenters. The molecule has 0 aromatic heterocycles. The van der Waals surface area contributed by atoms with Crippen LogP contribution in [0.3, 0.4) is 0 Å². The summed E-state index contributed by atoms with van der Waals surface area (Å²) in [4.78, 5) is 12.5. The van der Waals surface area contributed by atoms with Crippen molar-refractivity contribution in [3.8, 4) is 11.5 Å². The molecule has 0 aliphatic heterocycles. The third-order valence-electron chi connectivity index (χ3n) is 3.10. The molecule has 24 heavy (non-hydrogen) atoms. The molecule has 0 saturated heterocycles. The zero-order chi connectivity index (χ0) is 17.5. The lowest BCUT2D eigenvalue weighted by molar-refractivity contribution is 0.102. The predicted molar refractivity (Wildman–Crippen MR) is 101 cm³/mol. The molecule has 128 valence electrons. The maximum absolute atomic E-state index is 12.5. The number of carbonyl (C=O) groups is 1. The highest BCUT2D eigenvalue weighted by atomic mass is 79.9. The van der Waals surface area contributed by atoms with E-state index < -0.39 is 0 Å². The zero-order valence-corrected chi connectivity index (χ0v) is 15.9. The summed E-state index contributed by atoms with van der Waals surface area (Å²) in [6.45, 7) is 4.86. The van der Waals surface area contributed by atoms with E-state index in [1.807, 2.05) is 38.1 Å². The van der Waals surface area contributed by atoms with E-state index in [4.69, 9.17) is 21.1 Å². The van der Waals surface area contributed by atoms with E-state index in [2.05, 4.69) is 21.2 Å². The Kier molecular flexibility index (Phi) is 6.94. The van der Waals surface area contributed by atoms with Crippen LogP contribution in [-0.4, -0.2) is 19.1 Å². The molecule has 0 saturated carbocycles. The highest BCUT2D eigenvalue weighted by Gasteiger charge is 2.16. The van der Waals surface area contributed by atoms with Gasteiger partial charge in [-0.15, -0.1) is 0 Å². The Hall–Kier alpha value is -1.72. The van der Waals surface area contributed by atoms with Crippen molar-refractivity contribution in [3.05, 3.63) is 51.5 Å². The molecule has 0 aliphatic carbocycles. The van der Waals surface area contributed by atoms with E-state index >= 15 is 0 Å². The van der Waals surface area contributed by atoms with Crippen LogP contribution >= 0.6 is 27.5 Å². The normalized spacial score (nSPS) is 10.3. The molecule has 0 fully saturated rings. The monoisotopic (exact) mass is 411 g/mol. The molecule has 1 N–H and O–H groups in total. The van der Waals surface area contributed by atoms with Crippen LogP contribution in [0.5, 0.6) is 11.5 Å². The van der Waals surface area contributed by atoms with E-state index in [0.29, 0.717) is 41.0 Å². The summed E-state index contributed by atoms with van der Waals surface area (Å²) in [6, 6.07) is 10.6. The zero-order valence-electron chi connectivity index (χ0n) is 13.6. The number of carbonyl (C=O) groups excluding carboxylic acids is 1. The first kappa shape index (κ1) is 18.6. The van der Waals surface area contributed by atoms with E-state index in [9.17, 15) is 4.79 Å². The van der Waals surface area contributed by atoms with Gasteiger partial charge in [0, 0.05) is 15.7 Å². The Balaban J connectivity index is 2.27. The number of hydrogen-bond donors (Lipinski definition) is 1. The Labute approximate surface area is 155 Å². The van der Waals surface area contributed by atoms with Crippen molar-refractivity contribution in [1.82, 2.24) is 0 Å². The lowest BCUT2D eigenvalue weighted by Crippen LogP contribution is -2.12. The van der Waals surface area contributed by atoms with E-state index in [1.165, 1.54) is 0 Å². The molecule has 0 aliphatic rings. The second kappa shape index (κ2) is 8.94. The van der Waals surface area contributed by atoms with Crippen LogP contribution in [0, 0.1) is 0 Å². The van der Waals surface area contributed by atoms with Crippen molar-refractivity contribution in [2.75, 3.05) is 18.5 Å². The molecule has 0 unspecified atom stereocenters. The van der Waals surface area contributed by atoms with Crippen LogP contribution in [0.4, 0.5) is 5.69 Å². The topological polar surface area (TPSA) is 47.6 Å². The van der Waals surface area contributed by atoms with Gasteiger partial charge in [-0.2, -0.15) is 0 Å². The summed E-state index contributed by atoms with van der Waals surface area (Å²) < 4.78 is 12.1. The van der Waals surface area contributed by atoms with Crippen LogP contribution in [-0.2, 0) is 0 Å². The van der Waals surface area contributed by atoms with Gasteiger partial charge >= 0.3 is 0 Å². The van der Waals surface area contributed by atoms with Crippen molar-refractivity contribution in [1.29, 1.82) is 0 Å². The van der Waals surface area contributed by atoms with Gasteiger partial charge < -0.3 is 14.8 Å². The molecule has 0 bridgehead atoms. The number of anilines is 1. The third kappa shape index (κ3) is 4.89. The Morgan fingerprint density at radius 1 is 1.21 bits per heavy atom. The maximum Gasteiger partial charge on any atom is 0.255 e. The molecular weight excluding hydrogens is 394 g/mol. The van der Waals surface area contributed by atoms with Crippen LogP contribution in [0.2, 0.25) is 5.02 Å². The smallest absolute Gasteiger partial charge is 0.255 e. The van der Waals surface area contributed by atoms with Crippen LogP contribution < -0.4 is 14.8 Å². The minimum absolute atomic E-state index is 0.266. The number of hydrogen-bond acceptors (Lipinski definition) is 3. The molecule has 4 nitrogen and oxygen atoms in total. The minimum atomic E-state index is -0.266. The molecule has 1 amide bonds. The average Bonchev–Trinajstić information content (AvgIpc) is 2.54. The van der Waals surface area contributed by atoms with Crippen molar-refractivity contribution < 1.29 is 14.3 Å². The second-order valence-corrected chi connectivity index (χ2v) is 6.35. The molecule has 0 spiro atoms. The fourth-order valence-corrected chi connectivity index (χ4v) is 2.74. The van der Waals surface area contributed by atoms with E-state index in [-0.39, 0.29) is 5.91 Å². The van der Waals surface area contributed by atoms with Crippen molar-refractivity contribution >= 4 is 39.1 Å². The molecule has 2 aromatic rings. The summed E-state index contributed by atoms with van der Waals surface area (Å²) >= 11 is 9.66. The van der Waals surface area contributed by atoms with Gasteiger partial charge in [-0.05, 0) is 43.7 Å². The Morgan fingerprint density at radius 3 is 2.67 bits per heavy atom. The highest BCUT2D eigenvalue weighted by Crippen LogP contribution is 2.37. The Bertz CT molecular complexity index is 721. The molecule has 6 heteroatoms. The fraction of sp³-hybridized carbons (Fsp3) is 0.278. The molecule has 0 heterocycles. The number of amides is 1. The van der Waals surface area contributed by atoms with Crippen LogP contribution in [0.15, 0.2) is 40.9 Å². The van der Waals surface area contributed by atoms with E-state index in [0.717, 1.165) is 10.9 Å². The van der Waals surface area contributed by atoms with Gasteiger partial charge in [0.1, 0.15) is 0 Å². The van der Waals surface area contributed by atoms with Gasteiger partial charge in [0.25, 0.3) is 5.91 Å². The van der Waals surface area contributed by atoms with Gasteiger partial charge in [0.05, 0.1) is 18.2 Å². The van der Waals surface area contributed by atoms with Crippen LogP contribution in [0.25, 0.3) is 0 Å². The minimum Gasteiger partial charge on any atom is -0.490 e. The van der Waals surface area contributed by atoms with Crippen molar-refractivity contribution in [2.24, 2.45) is 0 Å². The lowest BCUT2D eigenvalue weighted by Gasteiger charge is -2.15. The Morgan fingerprint density at radius 2 is 2.00 bits per heavy atom. The van der Waals surface area contributed by atoms with Gasteiger partial charge in [0.15, 0.2) is 11.5 Å². The van der Waals surface area contributed by atoms with E-state index in [1.54, 1.807) is 12.1 Å². The number of rotatable bonds is 7. The summed E-state index contributed by atoms with van der Waals surface area (Å²) in [5.41, 5.74) is 1.10. The molecule has 0 radical (unpaired) electrons. The summed E-state index contributed by atoms with van der Waals surface area (Å²) in [7, 11) is 0. The predicted octanol–water partition coefficient (Wildman–Crippen LogP) is 5.54. The van der Waals surface area contributed by atoms with Gasteiger partial charge in [-0.3, -0.25) is 4.79 Å². The van der Waals surface area contributed by atoms with Crippen molar-refractivity contribution in [2.45, 2.75) is 20.3 Å². The molecule has 2 rings (SSSR count). The quantitative estimate of drug-likeness (QED) is 0.649. The van der Waals surface area contributed by atoms with Gasteiger partial charge in [0.2, 0.25) is 0 Å². The first-order chi connectivity index (χ1) is 11.5. The average molecular weight is 413 g/mol. The third-order valence-corrected chi connectivity index (χ3v) is 3.88. The molecular formula is C18H19BrClNO3. The van der Waals surface area contributed by atoms with Gasteiger partial charge in [-0.25, -0.2) is 0 Å². The largest absolute Gasteiger partial charge is 0.490 e. The summed E-state index contributed by atoms with van der Waals surface area (Å²) in [5.74, 6) is 0.676. The first-order valence-electron chi connectivity index (χ1n) is 7.71. The van der Waals surface area contributed by atoms with Crippen molar-refractivity contribution in [3.63, 3.8) is 0 Å². The first-order valence-corrected chi connectivity index (χ1v) is 8.88. The molecule has 2 aromatic carbocycles. The highest BCUT2D eigenvalue weighted by molar-refractivity contribution is 9.10. The van der Waals surface area contributed by atoms with Crippen LogP contribution in [0.1, 0.15) is 30.6 Å². The summed E-state index contributed by atoms with van der Waals surface area (Å²) in [6.07, 6.45) is 0.854.